The van der Waals surface area contributed by atoms with Crippen LogP contribution in [0, 0.1) is 5.92 Å². The molecule has 110 valence electrons. The van der Waals surface area contributed by atoms with E-state index in [2.05, 4.69) is 5.32 Å². The lowest BCUT2D eigenvalue weighted by atomic mass is 9.96. The van der Waals surface area contributed by atoms with Gasteiger partial charge in [-0.2, -0.15) is 0 Å². The number of likely N-dealkylation sites (tertiary alicyclic amines) is 1. The Morgan fingerprint density at radius 1 is 1.60 bits per heavy atom. The van der Waals surface area contributed by atoms with Gasteiger partial charge in [-0.1, -0.05) is 6.07 Å². The van der Waals surface area contributed by atoms with Crippen LogP contribution < -0.4 is 5.32 Å². The second kappa shape index (κ2) is 6.85. The number of nitrogens with zero attached hydrogens (tertiary/aromatic N) is 1. The number of aliphatic hydroxyl groups is 1. The molecule has 1 aliphatic heterocycles. The first-order chi connectivity index (χ1) is 9.61. The van der Waals surface area contributed by atoms with Gasteiger partial charge in [0.2, 0.25) is 5.91 Å². The number of carbonyl (C=O) groups excluding carboxylic acids is 2. The summed E-state index contributed by atoms with van der Waals surface area (Å²) in [5.74, 6) is -0.246. The predicted octanol–water partition coefficient (Wildman–Crippen LogP) is 1.10. The summed E-state index contributed by atoms with van der Waals surface area (Å²) < 4.78 is 0. The Hall–Kier alpha value is -1.40. The van der Waals surface area contributed by atoms with Gasteiger partial charge in [-0.15, -0.1) is 11.3 Å². The van der Waals surface area contributed by atoms with E-state index < -0.39 is 0 Å². The fourth-order valence-corrected chi connectivity index (χ4v) is 3.03. The monoisotopic (exact) mass is 296 g/mol. The van der Waals surface area contributed by atoms with E-state index >= 15 is 0 Å². The number of aliphatic hydroxyl groups excluding tert-OH is 1. The van der Waals surface area contributed by atoms with E-state index in [-0.39, 0.29) is 30.4 Å². The summed E-state index contributed by atoms with van der Waals surface area (Å²) in [5, 5.41) is 13.6. The van der Waals surface area contributed by atoms with Crippen molar-refractivity contribution in [3.05, 3.63) is 22.4 Å². The van der Waals surface area contributed by atoms with Crippen molar-refractivity contribution in [3.8, 4) is 0 Å². The first-order valence-corrected chi connectivity index (χ1v) is 7.73. The van der Waals surface area contributed by atoms with Gasteiger partial charge in [0.1, 0.15) is 0 Å². The quantitative estimate of drug-likeness (QED) is 0.874. The molecule has 2 unspecified atom stereocenters. The Bertz CT molecular complexity index is 461. The molecule has 0 aliphatic carbocycles. The minimum Gasteiger partial charge on any atom is -0.394 e. The van der Waals surface area contributed by atoms with Crippen LogP contribution in [-0.4, -0.2) is 47.6 Å². The first kappa shape index (κ1) is 15.0. The topological polar surface area (TPSA) is 69.6 Å². The van der Waals surface area contributed by atoms with E-state index in [1.165, 1.54) is 11.3 Å². The van der Waals surface area contributed by atoms with Crippen LogP contribution in [0.25, 0.3) is 0 Å². The van der Waals surface area contributed by atoms with Crippen LogP contribution in [0.5, 0.6) is 0 Å². The molecular weight excluding hydrogens is 276 g/mol. The van der Waals surface area contributed by atoms with Gasteiger partial charge in [-0.3, -0.25) is 9.59 Å². The van der Waals surface area contributed by atoms with Crippen LogP contribution in [0.15, 0.2) is 17.5 Å². The summed E-state index contributed by atoms with van der Waals surface area (Å²) >= 11 is 1.42. The Labute approximate surface area is 122 Å². The molecule has 1 fully saturated rings. The number of carbonyl (C=O) groups is 2. The van der Waals surface area contributed by atoms with E-state index in [0.29, 0.717) is 13.1 Å². The van der Waals surface area contributed by atoms with E-state index in [1.54, 1.807) is 11.8 Å². The van der Waals surface area contributed by atoms with Gasteiger partial charge in [0.25, 0.3) is 5.91 Å². The smallest absolute Gasteiger partial charge is 0.263 e. The molecule has 2 rings (SSSR count). The third-order valence-corrected chi connectivity index (χ3v) is 4.33. The molecule has 2 heterocycles. The average molecular weight is 296 g/mol. The van der Waals surface area contributed by atoms with Crippen LogP contribution in [-0.2, 0) is 4.79 Å². The summed E-state index contributed by atoms with van der Waals surface area (Å²) in [6, 6.07) is 3.42. The molecule has 0 bridgehead atoms. The van der Waals surface area contributed by atoms with E-state index in [9.17, 15) is 9.59 Å². The third-order valence-electron chi connectivity index (χ3n) is 3.47. The second-order valence-corrected chi connectivity index (χ2v) is 6.11. The van der Waals surface area contributed by atoms with Crippen LogP contribution in [0.2, 0.25) is 0 Å². The van der Waals surface area contributed by atoms with Gasteiger partial charge in [-0.25, -0.2) is 0 Å². The van der Waals surface area contributed by atoms with Crippen molar-refractivity contribution >= 4 is 23.2 Å². The lowest BCUT2D eigenvalue weighted by Crippen LogP contribution is -2.47. The average Bonchev–Trinajstić information content (AvgIpc) is 3.00. The number of thiophene rings is 1. The zero-order valence-electron chi connectivity index (χ0n) is 11.5. The van der Waals surface area contributed by atoms with Crippen molar-refractivity contribution < 1.29 is 14.7 Å². The molecule has 20 heavy (non-hydrogen) atoms. The van der Waals surface area contributed by atoms with Crippen LogP contribution in [0.1, 0.15) is 29.4 Å². The maximum absolute atomic E-state index is 12.3. The maximum atomic E-state index is 12.3. The van der Waals surface area contributed by atoms with Gasteiger partial charge in [0.15, 0.2) is 0 Å². The molecule has 1 saturated heterocycles. The summed E-state index contributed by atoms with van der Waals surface area (Å²) in [7, 11) is 0. The van der Waals surface area contributed by atoms with Gasteiger partial charge in [0, 0.05) is 19.1 Å². The second-order valence-electron chi connectivity index (χ2n) is 5.16. The number of hydrogen-bond donors (Lipinski definition) is 2. The Morgan fingerprint density at radius 3 is 3.05 bits per heavy atom. The molecule has 6 heteroatoms. The lowest BCUT2D eigenvalue weighted by molar-refractivity contribution is -0.127. The predicted molar refractivity (Wildman–Crippen MR) is 77.6 cm³/mol. The number of nitrogens with one attached hydrogen (secondary N) is 1. The molecule has 2 N–H and O–H groups in total. The zero-order valence-corrected chi connectivity index (χ0v) is 12.4. The van der Waals surface area contributed by atoms with E-state index in [1.807, 2.05) is 17.5 Å². The minimum absolute atomic E-state index is 0.00714. The van der Waals surface area contributed by atoms with E-state index in [4.69, 9.17) is 5.11 Å². The lowest BCUT2D eigenvalue weighted by Gasteiger charge is -2.32. The highest BCUT2D eigenvalue weighted by atomic mass is 32.1. The third kappa shape index (κ3) is 3.58. The Morgan fingerprint density at radius 2 is 2.40 bits per heavy atom. The Balaban J connectivity index is 1.95. The SMILES string of the molecule is CC(CO)NC(=O)C1CCCN(C(=O)c2cccs2)C1. The standard InChI is InChI=1S/C14H20N2O3S/c1-10(9-17)15-13(18)11-4-2-6-16(8-11)14(19)12-5-3-7-20-12/h3,5,7,10-11,17H,2,4,6,8-9H2,1H3,(H,15,18). The van der Waals surface area contributed by atoms with Gasteiger partial charge in [-0.05, 0) is 31.2 Å². The van der Waals surface area contributed by atoms with Crippen molar-refractivity contribution in [2.75, 3.05) is 19.7 Å². The van der Waals surface area contributed by atoms with Crippen molar-refractivity contribution in [1.82, 2.24) is 10.2 Å². The van der Waals surface area contributed by atoms with Gasteiger partial charge >= 0.3 is 0 Å². The molecule has 2 atom stereocenters. The summed E-state index contributed by atoms with van der Waals surface area (Å²) in [4.78, 5) is 26.8. The largest absolute Gasteiger partial charge is 0.394 e. The zero-order chi connectivity index (χ0) is 14.5. The van der Waals surface area contributed by atoms with Gasteiger partial charge in [0.05, 0.1) is 17.4 Å². The highest BCUT2D eigenvalue weighted by molar-refractivity contribution is 7.12. The highest BCUT2D eigenvalue weighted by Gasteiger charge is 2.29. The van der Waals surface area contributed by atoms with Crippen molar-refractivity contribution in [2.24, 2.45) is 5.92 Å². The summed E-state index contributed by atoms with van der Waals surface area (Å²) in [6.45, 7) is 2.85. The molecule has 0 aromatic carbocycles. The molecule has 2 amide bonds. The van der Waals surface area contributed by atoms with Crippen molar-refractivity contribution in [3.63, 3.8) is 0 Å². The number of amides is 2. The van der Waals surface area contributed by atoms with Crippen LogP contribution >= 0.6 is 11.3 Å². The van der Waals surface area contributed by atoms with E-state index in [0.717, 1.165) is 17.7 Å². The summed E-state index contributed by atoms with van der Waals surface area (Å²) in [6.07, 6.45) is 1.63. The van der Waals surface area contributed by atoms with Crippen molar-refractivity contribution in [1.29, 1.82) is 0 Å². The number of rotatable bonds is 4. The molecule has 5 nitrogen and oxygen atoms in total. The molecule has 1 aliphatic rings. The van der Waals surface area contributed by atoms with Crippen LogP contribution in [0.4, 0.5) is 0 Å². The normalized spacial score (nSPS) is 20.5. The fraction of sp³-hybridized carbons (Fsp3) is 0.571. The van der Waals surface area contributed by atoms with Crippen LogP contribution in [0.3, 0.4) is 0 Å². The number of hydrogen-bond acceptors (Lipinski definition) is 4. The highest BCUT2D eigenvalue weighted by Crippen LogP contribution is 2.20. The molecular formula is C14H20N2O3S. The molecule has 0 radical (unpaired) electrons. The minimum atomic E-state index is -0.245. The summed E-state index contributed by atoms with van der Waals surface area (Å²) in [5.41, 5.74) is 0. The maximum Gasteiger partial charge on any atom is 0.263 e. The molecule has 0 saturated carbocycles. The fourth-order valence-electron chi connectivity index (χ4n) is 2.34. The molecule has 1 aromatic heterocycles. The molecule has 0 spiro atoms. The molecule has 1 aromatic rings. The Kier molecular flexibility index (Phi) is 5.14. The first-order valence-electron chi connectivity index (χ1n) is 6.86. The number of piperidine rings is 1. The van der Waals surface area contributed by atoms with Gasteiger partial charge < -0.3 is 15.3 Å². The van der Waals surface area contributed by atoms with Crippen molar-refractivity contribution in [2.45, 2.75) is 25.8 Å².